The second-order valence-corrected chi connectivity index (χ2v) is 7.73. The predicted molar refractivity (Wildman–Crippen MR) is 90.5 cm³/mol. The SMILES string of the molecule is CS(=O)(=O)O.O=C1N(CC(F)(F)F)N=C2CCNCC12Cc1ccccn1. The average Bonchev–Trinajstić information content (AvgIpc) is 2.78. The van der Waals surface area contributed by atoms with Crippen LogP contribution in [-0.2, 0) is 21.3 Å². The molecular formula is C15H19F3N4O4S. The van der Waals surface area contributed by atoms with Crippen LogP contribution in [-0.4, -0.2) is 66.6 Å². The molecule has 1 unspecified atom stereocenters. The third-order valence-electron chi connectivity index (χ3n) is 3.94. The summed E-state index contributed by atoms with van der Waals surface area (Å²) in [5.74, 6) is -0.599. The molecule has 0 radical (unpaired) electrons. The number of halogens is 3. The normalized spacial score (nSPS) is 22.6. The van der Waals surface area contributed by atoms with E-state index in [1.165, 1.54) is 0 Å². The van der Waals surface area contributed by atoms with E-state index in [4.69, 9.17) is 4.55 Å². The third kappa shape index (κ3) is 5.97. The molecule has 3 rings (SSSR count). The van der Waals surface area contributed by atoms with E-state index in [-0.39, 0.29) is 13.0 Å². The standard InChI is InChI=1S/C14H15F3N4O.CH4O3S/c15-14(16,17)9-21-12(22)13(7-10-3-1-2-5-19-10)8-18-6-4-11(13)20-21;1-5(2,3)4/h1-3,5,18H,4,6-9H2;1H3,(H,2,3,4). The van der Waals surface area contributed by atoms with E-state index in [1.807, 2.05) is 0 Å². The Hall–Kier alpha value is -2.05. The Labute approximate surface area is 154 Å². The Balaban J connectivity index is 0.000000465. The van der Waals surface area contributed by atoms with Crippen molar-refractivity contribution in [3.8, 4) is 0 Å². The number of pyridine rings is 1. The summed E-state index contributed by atoms with van der Waals surface area (Å²) in [7, 11) is -3.67. The number of hydrogen-bond donors (Lipinski definition) is 2. The summed E-state index contributed by atoms with van der Waals surface area (Å²) >= 11 is 0. The van der Waals surface area contributed by atoms with Crippen LogP contribution in [0.15, 0.2) is 29.5 Å². The van der Waals surface area contributed by atoms with Crippen molar-refractivity contribution in [2.75, 3.05) is 25.9 Å². The first kappa shape index (κ1) is 21.3. The molecule has 2 aliphatic rings. The van der Waals surface area contributed by atoms with Gasteiger partial charge in [0.1, 0.15) is 12.0 Å². The van der Waals surface area contributed by atoms with Gasteiger partial charge in [0.05, 0.1) is 12.0 Å². The number of amides is 1. The number of nitrogens with one attached hydrogen (secondary N) is 1. The zero-order valence-electron chi connectivity index (χ0n) is 14.4. The number of alkyl halides is 3. The van der Waals surface area contributed by atoms with Gasteiger partial charge >= 0.3 is 6.18 Å². The van der Waals surface area contributed by atoms with Crippen LogP contribution in [0.4, 0.5) is 13.2 Å². The molecule has 12 heteroatoms. The van der Waals surface area contributed by atoms with Gasteiger partial charge in [0, 0.05) is 37.8 Å². The molecule has 1 atom stereocenters. The van der Waals surface area contributed by atoms with E-state index in [1.54, 1.807) is 24.4 Å². The Morgan fingerprint density at radius 2 is 2.04 bits per heavy atom. The molecular weight excluding hydrogens is 389 g/mol. The lowest BCUT2D eigenvalue weighted by molar-refractivity contribution is -0.163. The monoisotopic (exact) mass is 408 g/mol. The molecule has 0 spiro atoms. The topological polar surface area (TPSA) is 112 Å². The highest BCUT2D eigenvalue weighted by Gasteiger charge is 2.53. The minimum atomic E-state index is -4.47. The van der Waals surface area contributed by atoms with E-state index in [0.717, 1.165) is 0 Å². The third-order valence-corrected chi connectivity index (χ3v) is 3.94. The molecule has 1 aromatic heterocycles. The fourth-order valence-electron chi connectivity index (χ4n) is 2.96. The second kappa shape index (κ2) is 7.90. The Morgan fingerprint density at radius 3 is 2.59 bits per heavy atom. The minimum Gasteiger partial charge on any atom is -0.315 e. The molecule has 0 bridgehead atoms. The fraction of sp³-hybridized carbons (Fsp3) is 0.533. The largest absolute Gasteiger partial charge is 0.408 e. The molecule has 1 amide bonds. The Kier molecular flexibility index (Phi) is 6.22. The van der Waals surface area contributed by atoms with Gasteiger partial charge in [0.15, 0.2) is 0 Å². The van der Waals surface area contributed by atoms with Crippen LogP contribution < -0.4 is 5.32 Å². The number of carbonyl (C=O) groups is 1. The smallest absolute Gasteiger partial charge is 0.315 e. The van der Waals surface area contributed by atoms with E-state index < -0.39 is 34.2 Å². The molecule has 0 saturated carbocycles. The van der Waals surface area contributed by atoms with Crippen molar-refractivity contribution < 1.29 is 30.9 Å². The van der Waals surface area contributed by atoms with Crippen molar-refractivity contribution in [3.63, 3.8) is 0 Å². The summed E-state index contributed by atoms with van der Waals surface area (Å²) in [6, 6.07) is 5.31. The molecule has 2 aliphatic heterocycles. The van der Waals surface area contributed by atoms with Crippen molar-refractivity contribution in [1.29, 1.82) is 0 Å². The van der Waals surface area contributed by atoms with Crippen LogP contribution in [0, 0.1) is 5.41 Å². The minimum absolute atomic E-state index is 0.257. The molecule has 0 aliphatic carbocycles. The maximum Gasteiger partial charge on any atom is 0.408 e. The fourth-order valence-corrected chi connectivity index (χ4v) is 2.96. The molecule has 27 heavy (non-hydrogen) atoms. The van der Waals surface area contributed by atoms with Gasteiger partial charge in [-0.15, -0.1) is 0 Å². The van der Waals surface area contributed by atoms with Gasteiger partial charge in [-0.2, -0.15) is 26.7 Å². The summed E-state index contributed by atoms with van der Waals surface area (Å²) in [5.41, 5.74) is 0.143. The molecule has 1 saturated heterocycles. The first-order valence-electron chi connectivity index (χ1n) is 7.90. The van der Waals surface area contributed by atoms with Crippen LogP contribution in [0.3, 0.4) is 0 Å². The van der Waals surface area contributed by atoms with Crippen molar-refractivity contribution in [2.24, 2.45) is 10.5 Å². The van der Waals surface area contributed by atoms with Gasteiger partial charge in [-0.25, -0.2) is 5.01 Å². The lowest BCUT2D eigenvalue weighted by atomic mass is 9.75. The number of rotatable bonds is 3. The van der Waals surface area contributed by atoms with Crippen LogP contribution in [0.2, 0.25) is 0 Å². The maximum atomic E-state index is 12.6. The quantitative estimate of drug-likeness (QED) is 0.718. The summed E-state index contributed by atoms with van der Waals surface area (Å²) in [5, 5.41) is 7.61. The number of nitrogens with zero attached hydrogens (tertiary/aromatic N) is 3. The van der Waals surface area contributed by atoms with E-state index in [9.17, 15) is 26.4 Å². The van der Waals surface area contributed by atoms with Gasteiger partial charge in [0.25, 0.3) is 16.0 Å². The van der Waals surface area contributed by atoms with Crippen molar-refractivity contribution >= 4 is 21.7 Å². The number of fused-ring (bicyclic) bond motifs is 1. The highest BCUT2D eigenvalue weighted by molar-refractivity contribution is 7.85. The molecule has 8 nitrogen and oxygen atoms in total. The molecule has 3 heterocycles. The first-order chi connectivity index (χ1) is 12.4. The Morgan fingerprint density at radius 1 is 1.37 bits per heavy atom. The number of carbonyl (C=O) groups excluding carboxylic acids is 1. The summed E-state index contributed by atoms with van der Waals surface area (Å²) < 4.78 is 63.7. The van der Waals surface area contributed by atoms with Crippen molar-refractivity contribution in [2.45, 2.75) is 19.0 Å². The summed E-state index contributed by atoms with van der Waals surface area (Å²) in [6.07, 6.45) is -1.43. The van der Waals surface area contributed by atoms with Crippen molar-refractivity contribution in [1.82, 2.24) is 15.3 Å². The molecule has 150 valence electrons. The summed E-state index contributed by atoms with van der Waals surface area (Å²) in [4.78, 5) is 16.8. The highest BCUT2D eigenvalue weighted by atomic mass is 32.2. The van der Waals surface area contributed by atoms with Gasteiger partial charge in [-0.3, -0.25) is 14.3 Å². The van der Waals surface area contributed by atoms with Crippen LogP contribution in [0.5, 0.6) is 0 Å². The summed E-state index contributed by atoms with van der Waals surface area (Å²) in [6.45, 7) is -0.454. The molecule has 2 N–H and O–H groups in total. The first-order valence-corrected chi connectivity index (χ1v) is 9.75. The van der Waals surface area contributed by atoms with Crippen molar-refractivity contribution in [3.05, 3.63) is 30.1 Å². The van der Waals surface area contributed by atoms with Gasteiger partial charge in [0.2, 0.25) is 0 Å². The second-order valence-electron chi connectivity index (χ2n) is 6.26. The van der Waals surface area contributed by atoms with E-state index in [2.05, 4.69) is 15.4 Å². The Bertz CT molecular complexity index is 806. The lowest BCUT2D eigenvalue weighted by Gasteiger charge is -2.32. The van der Waals surface area contributed by atoms with Crippen LogP contribution in [0.25, 0.3) is 0 Å². The number of aromatic nitrogens is 1. The number of hydrazone groups is 1. The van der Waals surface area contributed by atoms with Gasteiger partial charge in [-0.05, 0) is 12.1 Å². The zero-order valence-corrected chi connectivity index (χ0v) is 15.2. The molecule has 0 aromatic carbocycles. The maximum absolute atomic E-state index is 12.6. The van der Waals surface area contributed by atoms with E-state index in [0.29, 0.717) is 35.6 Å². The molecule has 1 aromatic rings. The number of hydrogen-bond acceptors (Lipinski definition) is 6. The lowest BCUT2D eigenvalue weighted by Crippen LogP contribution is -2.53. The predicted octanol–water partition coefficient (Wildman–Crippen LogP) is 0.868. The number of piperidine rings is 1. The van der Waals surface area contributed by atoms with Crippen LogP contribution in [0.1, 0.15) is 12.1 Å². The average molecular weight is 408 g/mol. The van der Waals surface area contributed by atoms with Gasteiger partial charge < -0.3 is 5.32 Å². The highest BCUT2D eigenvalue weighted by Crippen LogP contribution is 2.36. The van der Waals surface area contributed by atoms with E-state index >= 15 is 0 Å². The zero-order chi connectivity index (χ0) is 20.3. The van der Waals surface area contributed by atoms with Crippen LogP contribution >= 0.6 is 0 Å². The van der Waals surface area contributed by atoms with Gasteiger partial charge in [-0.1, -0.05) is 6.07 Å². The molecule has 1 fully saturated rings.